The van der Waals surface area contributed by atoms with Gasteiger partial charge in [-0.05, 0) is 87.1 Å². The average molecular weight is 344 g/mol. The molecule has 0 radical (unpaired) electrons. The first kappa shape index (κ1) is 19.0. The predicted molar refractivity (Wildman–Crippen MR) is 100 cm³/mol. The van der Waals surface area contributed by atoms with Crippen LogP contribution in [0.4, 0.5) is 0 Å². The smallest absolute Gasteiger partial charge is 0.122 e. The molecule has 0 aromatic heterocycles. The van der Waals surface area contributed by atoms with Gasteiger partial charge in [-0.25, -0.2) is 0 Å². The summed E-state index contributed by atoms with van der Waals surface area (Å²) in [6.07, 6.45) is 0.747. The molecule has 4 heteroatoms. The van der Waals surface area contributed by atoms with Gasteiger partial charge in [-0.15, -0.1) is 0 Å². The molecule has 0 saturated carbocycles. The largest absolute Gasteiger partial charge is 0.507 e. The van der Waals surface area contributed by atoms with E-state index in [1.54, 1.807) is 0 Å². The van der Waals surface area contributed by atoms with E-state index in [1.165, 1.54) is 0 Å². The Balaban J connectivity index is 1.91. The highest BCUT2D eigenvalue weighted by atomic mass is 16.5. The standard InChI is InChI=1S/C21H28O4/c1-12-10-18(14(3)16(5)20(12)22)24-8-7-9-25-19-11-13(2)21(23)17(6)15(19)4/h10-11,22-23H,7-9H2,1-6H3. The van der Waals surface area contributed by atoms with Crippen molar-refractivity contribution < 1.29 is 19.7 Å². The average Bonchev–Trinajstić information content (AvgIpc) is 2.59. The van der Waals surface area contributed by atoms with Crippen molar-refractivity contribution in [2.75, 3.05) is 13.2 Å². The van der Waals surface area contributed by atoms with Crippen molar-refractivity contribution >= 4 is 0 Å². The molecule has 0 spiro atoms. The van der Waals surface area contributed by atoms with Gasteiger partial charge in [-0.3, -0.25) is 0 Å². The van der Waals surface area contributed by atoms with Crippen LogP contribution in [-0.2, 0) is 0 Å². The molecule has 0 heterocycles. The van der Waals surface area contributed by atoms with Crippen LogP contribution in [0.2, 0.25) is 0 Å². The summed E-state index contributed by atoms with van der Waals surface area (Å²) in [5.41, 5.74) is 5.28. The zero-order valence-corrected chi connectivity index (χ0v) is 16.0. The molecule has 0 amide bonds. The van der Waals surface area contributed by atoms with E-state index in [2.05, 4.69) is 0 Å². The minimum Gasteiger partial charge on any atom is -0.507 e. The van der Waals surface area contributed by atoms with E-state index in [0.29, 0.717) is 24.7 Å². The third kappa shape index (κ3) is 4.01. The van der Waals surface area contributed by atoms with E-state index in [0.717, 1.165) is 51.3 Å². The lowest BCUT2D eigenvalue weighted by molar-refractivity contribution is 0.245. The van der Waals surface area contributed by atoms with Crippen molar-refractivity contribution in [2.24, 2.45) is 0 Å². The molecule has 4 nitrogen and oxygen atoms in total. The summed E-state index contributed by atoms with van der Waals surface area (Å²) in [5, 5.41) is 19.9. The Hall–Kier alpha value is -2.36. The number of aryl methyl sites for hydroxylation is 2. The SMILES string of the molecule is Cc1cc(OCCCOc2cc(C)c(O)c(C)c2C)c(C)c(C)c1O. The van der Waals surface area contributed by atoms with E-state index >= 15 is 0 Å². The lowest BCUT2D eigenvalue weighted by Crippen LogP contribution is -2.07. The van der Waals surface area contributed by atoms with Crippen LogP contribution in [0, 0.1) is 41.5 Å². The Kier molecular flexibility index (Phi) is 5.83. The van der Waals surface area contributed by atoms with Gasteiger partial charge >= 0.3 is 0 Å². The number of aromatic hydroxyl groups is 2. The minimum atomic E-state index is 0.335. The summed E-state index contributed by atoms with van der Waals surface area (Å²) in [7, 11) is 0. The molecule has 2 aromatic carbocycles. The van der Waals surface area contributed by atoms with Gasteiger partial charge < -0.3 is 19.7 Å². The quantitative estimate of drug-likeness (QED) is 0.739. The van der Waals surface area contributed by atoms with Crippen molar-refractivity contribution in [1.29, 1.82) is 0 Å². The summed E-state index contributed by atoms with van der Waals surface area (Å²) >= 11 is 0. The third-order valence-corrected chi connectivity index (χ3v) is 4.82. The van der Waals surface area contributed by atoms with E-state index in [4.69, 9.17) is 9.47 Å². The zero-order valence-electron chi connectivity index (χ0n) is 16.0. The van der Waals surface area contributed by atoms with E-state index < -0.39 is 0 Å². The van der Waals surface area contributed by atoms with Crippen LogP contribution in [0.5, 0.6) is 23.0 Å². The van der Waals surface area contributed by atoms with Crippen LogP contribution in [0.15, 0.2) is 12.1 Å². The fraction of sp³-hybridized carbons (Fsp3) is 0.429. The first-order valence-corrected chi connectivity index (χ1v) is 8.59. The molecular weight excluding hydrogens is 316 g/mol. The summed E-state index contributed by atoms with van der Waals surface area (Å²) in [5.74, 6) is 2.28. The van der Waals surface area contributed by atoms with Crippen LogP contribution in [0.25, 0.3) is 0 Å². The van der Waals surface area contributed by atoms with Crippen LogP contribution in [0.1, 0.15) is 39.8 Å². The Labute approximate surface area is 150 Å². The monoisotopic (exact) mass is 344 g/mol. The molecule has 0 aliphatic carbocycles. The second-order valence-electron chi connectivity index (χ2n) is 6.63. The van der Waals surface area contributed by atoms with Crippen LogP contribution >= 0.6 is 0 Å². The lowest BCUT2D eigenvalue weighted by Gasteiger charge is -2.16. The number of benzene rings is 2. The molecule has 0 aliphatic rings. The second kappa shape index (κ2) is 7.68. The molecule has 0 saturated heterocycles. The highest BCUT2D eigenvalue weighted by Crippen LogP contribution is 2.33. The number of phenols is 2. The van der Waals surface area contributed by atoms with Crippen LogP contribution in [-0.4, -0.2) is 23.4 Å². The zero-order chi connectivity index (χ0) is 18.7. The normalized spacial score (nSPS) is 10.8. The molecule has 2 rings (SSSR count). The van der Waals surface area contributed by atoms with Crippen LogP contribution < -0.4 is 9.47 Å². The van der Waals surface area contributed by atoms with E-state index in [9.17, 15) is 10.2 Å². The van der Waals surface area contributed by atoms with Gasteiger partial charge in [0.15, 0.2) is 0 Å². The Bertz CT molecular complexity index is 713. The van der Waals surface area contributed by atoms with Gasteiger partial charge in [-0.1, -0.05) is 0 Å². The van der Waals surface area contributed by atoms with Gasteiger partial charge in [-0.2, -0.15) is 0 Å². The fourth-order valence-electron chi connectivity index (χ4n) is 2.79. The number of hydrogen-bond acceptors (Lipinski definition) is 4. The van der Waals surface area contributed by atoms with E-state index in [-0.39, 0.29) is 0 Å². The van der Waals surface area contributed by atoms with Crippen molar-refractivity contribution in [2.45, 2.75) is 48.0 Å². The highest BCUT2D eigenvalue weighted by Gasteiger charge is 2.11. The Morgan fingerprint density at radius 1 is 0.640 bits per heavy atom. The van der Waals surface area contributed by atoms with Gasteiger partial charge in [0.1, 0.15) is 23.0 Å². The van der Waals surface area contributed by atoms with Gasteiger partial charge in [0.05, 0.1) is 13.2 Å². The maximum absolute atomic E-state index is 9.94. The minimum absolute atomic E-state index is 0.335. The van der Waals surface area contributed by atoms with Crippen molar-refractivity contribution in [3.8, 4) is 23.0 Å². The first-order chi connectivity index (χ1) is 11.7. The molecule has 136 valence electrons. The number of ether oxygens (including phenoxy) is 2. The number of rotatable bonds is 6. The fourth-order valence-corrected chi connectivity index (χ4v) is 2.79. The lowest BCUT2D eigenvalue weighted by atomic mass is 10.0. The molecule has 2 aromatic rings. The predicted octanol–water partition coefficient (Wildman–Crippen LogP) is 4.80. The topological polar surface area (TPSA) is 58.9 Å². The second-order valence-corrected chi connectivity index (χ2v) is 6.63. The van der Waals surface area contributed by atoms with Gasteiger partial charge in [0, 0.05) is 6.42 Å². The van der Waals surface area contributed by atoms with Crippen molar-refractivity contribution in [1.82, 2.24) is 0 Å². The van der Waals surface area contributed by atoms with E-state index in [1.807, 2.05) is 53.7 Å². The summed E-state index contributed by atoms with van der Waals surface area (Å²) < 4.78 is 11.7. The molecule has 0 atom stereocenters. The summed E-state index contributed by atoms with van der Waals surface area (Å²) in [6.45, 7) is 12.5. The Morgan fingerprint density at radius 2 is 1.00 bits per heavy atom. The number of phenolic OH excluding ortho intramolecular Hbond substituents is 2. The molecule has 0 bridgehead atoms. The maximum atomic E-state index is 9.94. The highest BCUT2D eigenvalue weighted by molar-refractivity contribution is 5.52. The molecule has 0 aliphatic heterocycles. The number of hydrogen-bond donors (Lipinski definition) is 2. The van der Waals surface area contributed by atoms with Crippen molar-refractivity contribution in [3.05, 3.63) is 45.5 Å². The molecule has 0 fully saturated rings. The molecule has 25 heavy (non-hydrogen) atoms. The molecule has 2 N–H and O–H groups in total. The third-order valence-electron chi connectivity index (χ3n) is 4.82. The van der Waals surface area contributed by atoms with Gasteiger partial charge in [0.25, 0.3) is 0 Å². The van der Waals surface area contributed by atoms with Crippen LogP contribution in [0.3, 0.4) is 0 Å². The summed E-state index contributed by atoms with van der Waals surface area (Å²) in [4.78, 5) is 0. The first-order valence-electron chi connectivity index (χ1n) is 8.59. The molecular formula is C21H28O4. The Morgan fingerprint density at radius 3 is 1.36 bits per heavy atom. The van der Waals surface area contributed by atoms with Crippen molar-refractivity contribution in [3.63, 3.8) is 0 Å². The summed E-state index contributed by atoms with van der Waals surface area (Å²) in [6, 6.07) is 3.74. The van der Waals surface area contributed by atoms with Gasteiger partial charge in [0.2, 0.25) is 0 Å². The maximum Gasteiger partial charge on any atom is 0.122 e. The molecule has 0 unspecified atom stereocenters.